The highest BCUT2D eigenvalue weighted by atomic mass is 16.6. The van der Waals surface area contributed by atoms with E-state index in [0.717, 1.165) is 5.56 Å². The fourth-order valence-electron chi connectivity index (χ4n) is 1.69. The molecule has 0 aromatic heterocycles. The van der Waals surface area contributed by atoms with E-state index in [1.807, 2.05) is 26.8 Å². The first-order chi connectivity index (χ1) is 9.17. The molecule has 0 radical (unpaired) electrons. The topological polar surface area (TPSA) is 66.8 Å². The third-order valence-corrected chi connectivity index (χ3v) is 2.47. The normalized spacial score (nSPS) is 11.0. The molecule has 1 amide bonds. The number of hydrogen-bond donors (Lipinski definition) is 1. The van der Waals surface area contributed by atoms with Crippen LogP contribution in [0.3, 0.4) is 0 Å². The molecule has 20 heavy (non-hydrogen) atoms. The molecule has 1 aromatic rings. The van der Waals surface area contributed by atoms with Crippen LogP contribution < -0.4 is 0 Å². The number of rotatable bonds is 4. The van der Waals surface area contributed by atoms with Gasteiger partial charge in [-0.3, -0.25) is 4.79 Å². The van der Waals surface area contributed by atoms with Crippen LogP contribution >= 0.6 is 0 Å². The number of nitrogens with zero attached hydrogens (tertiary/aromatic N) is 1. The second kappa shape index (κ2) is 6.41. The zero-order chi connectivity index (χ0) is 15.3. The Kier molecular flexibility index (Phi) is 5.13. The minimum Gasteiger partial charge on any atom is -0.481 e. The van der Waals surface area contributed by atoms with Gasteiger partial charge in [-0.2, -0.15) is 0 Å². The Labute approximate surface area is 119 Å². The Morgan fingerprint density at radius 1 is 1.25 bits per heavy atom. The average Bonchev–Trinajstić information content (AvgIpc) is 2.26. The van der Waals surface area contributed by atoms with Crippen molar-refractivity contribution in [2.24, 2.45) is 0 Å². The fraction of sp³-hybridized carbons (Fsp3) is 0.467. The maximum atomic E-state index is 11.8. The second-order valence-electron chi connectivity index (χ2n) is 5.73. The SMILES string of the molecule is CN(Cc1cccc(CC(=O)O)c1)C(=O)OC(C)(C)C. The Morgan fingerprint density at radius 3 is 2.40 bits per heavy atom. The lowest BCUT2D eigenvalue weighted by atomic mass is 10.1. The molecule has 5 nitrogen and oxygen atoms in total. The summed E-state index contributed by atoms with van der Waals surface area (Å²) >= 11 is 0. The minimum atomic E-state index is -0.873. The molecule has 0 aliphatic heterocycles. The van der Waals surface area contributed by atoms with Gasteiger partial charge in [0.25, 0.3) is 0 Å². The van der Waals surface area contributed by atoms with Crippen LogP contribution in [0.1, 0.15) is 31.9 Å². The summed E-state index contributed by atoms with van der Waals surface area (Å²) in [6, 6.07) is 7.18. The van der Waals surface area contributed by atoms with Crippen LogP contribution in [0.25, 0.3) is 0 Å². The predicted octanol–water partition coefficient (Wildman–Crippen LogP) is 2.68. The summed E-state index contributed by atoms with van der Waals surface area (Å²) in [5.74, 6) is -0.873. The third kappa shape index (κ3) is 5.73. The lowest BCUT2D eigenvalue weighted by molar-refractivity contribution is -0.136. The van der Waals surface area contributed by atoms with Gasteiger partial charge in [-0.1, -0.05) is 24.3 Å². The van der Waals surface area contributed by atoms with E-state index in [4.69, 9.17) is 9.84 Å². The highest BCUT2D eigenvalue weighted by Crippen LogP contribution is 2.12. The van der Waals surface area contributed by atoms with Crippen LogP contribution in [0.15, 0.2) is 24.3 Å². The molecule has 0 aliphatic carbocycles. The van der Waals surface area contributed by atoms with Crippen LogP contribution in [0.4, 0.5) is 4.79 Å². The number of carboxylic acid groups (broad SMARTS) is 1. The van der Waals surface area contributed by atoms with Crippen molar-refractivity contribution in [3.63, 3.8) is 0 Å². The van der Waals surface area contributed by atoms with Gasteiger partial charge in [-0.15, -0.1) is 0 Å². The molecule has 0 bridgehead atoms. The maximum Gasteiger partial charge on any atom is 0.410 e. The van der Waals surface area contributed by atoms with E-state index in [-0.39, 0.29) is 6.42 Å². The van der Waals surface area contributed by atoms with Gasteiger partial charge in [0, 0.05) is 13.6 Å². The van der Waals surface area contributed by atoms with Crippen LogP contribution in [0, 0.1) is 0 Å². The van der Waals surface area contributed by atoms with Crippen molar-refractivity contribution in [1.82, 2.24) is 4.90 Å². The quantitative estimate of drug-likeness (QED) is 0.920. The molecule has 5 heteroatoms. The van der Waals surface area contributed by atoms with Crippen molar-refractivity contribution in [2.75, 3.05) is 7.05 Å². The van der Waals surface area contributed by atoms with Gasteiger partial charge in [0.05, 0.1) is 6.42 Å². The van der Waals surface area contributed by atoms with Crippen LogP contribution in [-0.4, -0.2) is 34.7 Å². The molecule has 0 saturated carbocycles. The summed E-state index contributed by atoms with van der Waals surface area (Å²) in [6.45, 7) is 5.81. The molecule has 0 spiro atoms. The van der Waals surface area contributed by atoms with E-state index in [0.29, 0.717) is 12.1 Å². The molecule has 1 rings (SSSR count). The van der Waals surface area contributed by atoms with Gasteiger partial charge >= 0.3 is 12.1 Å². The third-order valence-electron chi connectivity index (χ3n) is 2.47. The number of carboxylic acids is 1. The first-order valence-electron chi connectivity index (χ1n) is 6.41. The van der Waals surface area contributed by atoms with Crippen molar-refractivity contribution in [2.45, 2.75) is 39.3 Å². The number of ether oxygens (including phenoxy) is 1. The fourth-order valence-corrected chi connectivity index (χ4v) is 1.69. The summed E-state index contributed by atoms with van der Waals surface area (Å²) in [7, 11) is 1.65. The van der Waals surface area contributed by atoms with Crippen LogP contribution in [-0.2, 0) is 22.5 Å². The van der Waals surface area contributed by atoms with E-state index in [9.17, 15) is 9.59 Å². The Bertz CT molecular complexity index is 491. The Morgan fingerprint density at radius 2 is 1.85 bits per heavy atom. The minimum absolute atomic E-state index is 0.0238. The second-order valence-corrected chi connectivity index (χ2v) is 5.73. The Hall–Kier alpha value is -2.04. The van der Waals surface area contributed by atoms with Gasteiger partial charge in [0.2, 0.25) is 0 Å². The summed E-state index contributed by atoms with van der Waals surface area (Å²) in [6.07, 6.45) is -0.426. The van der Waals surface area contributed by atoms with E-state index in [1.54, 1.807) is 25.2 Å². The van der Waals surface area contributed by atoms with Gasteiger partial charge in [0.15, 0.2) is 0 Å². The van der Waals surface area contributed by atoms with Gasteiger partial charge in [0.1, 0.15) is 5.60 Å². The molecule has 0 heterocycles. The molecule has 0 fully saturated rings. The summed E-state index contributed by atoms with van der Waals surface area (Å²) in [5, 5.41) is 8.77. The van der Waals surface area contributed by atoms with Crippen molar-refractivity contribution in [3.8, 4) is 0 Å². The van der Waals surface area contributed by atoms with Gasteiger partial charge < -0.3 is 14.7 Å². The summed E-state index contributed by atoms with van der Waals surface area (Å²) in [5.41, 5.74) is 1.06. The van der Waals surface area contributed by atoms with Crippen LogP contribution in [0.2, 0.25) is 0 Å². The predicted molar refractivity (Wildman–Crippen MR) is 75.5 cm³/mol. The van der Waals surface area contributed by atoms with E-state index >= 15 is 0 Å². The molecular formula is C15H21NO4. The molecule has 110 valence electrons. The van der Waals surface area contributed by atoms with Gasteiger partial charge in [-0.25, -0.2) is 4.79 Å². The first kappa shape index (κ1) is 16.0. The maximum absolute atomic E-state index is 11.8. The molecule has 0 atom stereocenters. The van der Waals surface area contributed by atoms with Crippen molar-refractivity contribution in [3.05, 3.63) is 35.4 Å². The van der Waals surface area contributed by atoms with E-state index in [2.05, 4.69) is 0 Å². The van der Waals surface area contributed by atoms with Crippen molar-refractivity contribution < 1.29 is 19.4 Å². The lowest BCUT2D eigenvalue weighted by Crippen LogP contribution is -2.33. The Balaban J connectivity index is 2.68. The molecular weight excluding hydrogens is 258 g/mol. The van der Waals surface area contributed by atoms with Crippen molar-refractivity contribution >= 4 is 12.1 Å². The number of amides is 1. The molecule has 0 unspecified atom stereocenters. The molecule has 0 aliphatic rings. The highest BCUT2D eigenvalue weighted by molar-refractivity contribution is 5.70. The van der Waals surface area contributed by atoms with Gasteiger partial charge in [-0.05, 0) is 31.9 Å². The molecule has 0 saturated heterocycles. The number of benzene rings is 1. The molecule has 1 N–H and O–H groups in total. The lowest BCUT2D eigenvalue weighted by Gasteiger charge is -2.24. The smallest absolute Gasteiger partial charge is 0.410 e. The molecule has 1 aromatic carbocycles. The summed E-state index contributed by atoms with van der Waals surface area (Å²) < 4.78 is 5.26. The van der Waals surface area contributed by atoms with Crippen LogP contribution in [0.5, 0.6) is 0 Å². The monoisotopic (exact) mass is 279 g/mol. The first-order valence-corrected chi connectivity index (χ1v) is 6.41. The van der Waals surface area contributed by atoms with E-state index in [1.165, 1.54) is 4.90 Å². The number of aliphatic carboxylic acids is 1. The zero-order valence-electron chi connectivity index (χ0n) is 12.3. The van der Waals surface area contributed by atoms with Crippen molar-refractivity contribution in [1.29, 1.82) is 0 Å². The number of carbonyl (C=O) groups excluding carboxylic acids is 1. The number of hydrogen-bond acceptors (Lipinski definition) is 3. The summed E-state index contributed by atoms with van der Waals surface area (Å²) in [4.78, 5) is 24.0. The highest BCUT2D eigenvalue weighted by Gasteiger charge is 2.19. The largest absolute Gasteiger partial charge is 0.481 e. The average molecular weight is 279 g/mol. The van der Waals surface area contributed by atoms with E-state index < -0.39 is 17.7 Å². The zero-order valence-corrected chi connectivity index (χ0v) is 12.3. The number of carbonyl (C=O) groups is 2. The standard InChI is InChI=1S/C15H21NO4/c1-15(2,3)20-14(19)16(4)10-12-7-5-6-11(8-12)9-13(17)18/h5-8H,9-10H2,1-4H3,(H,17,18).